The highest BCUT2D eigenvalue weighted by molar-refractivity contribution is 7.86. The second-order valence-corrected chi connectivity index (χ2v) is 18.4. The van der Waals surface area contributed by atoms with Crippen molar-refractivity contribution in [3.63, 3.8) is 0 Å². The number of benzene rings is 5. The average molecular weight is 957 g/mol. The number of carbonyl (C=O) groups excluding carboxylic acids is 4. The van der Waals surface area contributed by atoms with Crippen LogP contribution in [-0.4, -0.2) is 86.0 Å². The maximum Gasteiger partial charge on any atom is 0.296 e. The largest absolute Gasteiger partial charge is 0.322 e. The van der Waals surface area contributed by atoms with E-state index in [1.807, 2.05) is 0 Å². The molecule has 66 heavy (non-hydrogen) atoms. The van der Waals surface area contributed by atoms with Crippen molar-refractivity contribution in [1.29, 1.82) is 0 Å². The normalized spacial score (nSPS) is 16.8. The summed E-state index contributed by atoms with van der Waals surface area (Å²) < 4.78 is 98.6. The molecule has 0 saturated heterocycles. The molecule has 5 N–H and O–H groups in total. The molecule has 4 amide bonds. The highest BCUT2D eigenvalue weighted by Crippen LogP contribution is 2.29. The first-order chi connectivity index (χ1) is 31.1. The van der Waals surface area contributed by atoms with Gasteiger partial charge in [-0.3, -0.25) is 32.8 Å². The van der Waals surface area contributed by atoms with Crippen LogP contribution in [-0.2, 0) is 39.9 Å². The Bertz CT molecular complexity index is 3270. The summed E-state index contributed by atoms with van der Waals surface area (Å²) in [6.45, 7) is 3.09. The van der Waals surface area contributed by atoms with E-state index < -0.39 is 71.0 Å². The third-order valence-electron chi connectivity index (χ3n) is 9.55. The van der Waals surface area contributed by atoms with E-state index in [2.05, 4.69) is 41.3 Å². The van der Waals surface area contributed by atoms with Crippen molar-refractivity contribution in [1.82, 2.24) is 0 Å². The molecule has 0 spiro atoms. The summed E-state index contributed by atoms with van der Waals surface area (Å²) in [5.74, 6) is -2.64. The lowest BCUT2D eigenvalue weighted by Crippen LogP contribution is -2.29. The molecule has 338 valence electrons. The highest BCUT2D eigenvalue weighted by atomic mass is 32.2. The summed E-state index contributed by atoms with van der Waals surface area (Å²) >= 11 is 0. The summed E-state index contributed by atoms with van der Waals surface area (Å²) in [4.78, 5) is 50.9. The lowest BCUT2D eigenvalue weighted by atomic mass is 10.1. The van der Waals surface area contributed by atoms with Crippen molar-refractivity contribution in [2.45, 2.75) is 40.6 Å². The molecule has 26 heteroatoms. The molecule has 0 aliphatic carbocycles. The van der Waals surface area contributed by atoms with Crippen LogP contribution in [0.3, 0.4) is 0 Å². The SMILES string of the molecule is CC1=NN(c2ccc(S(=O)(=O)O)cc2)C(=O)C1N=Nc1ccc(C(=O)Nc2ccc(NC(=O)c3ccc(N=NC4C(=O)N(c5ccc(S(=O)(=O)O)cc5)N=C4C)cc3)c(S(=O)(=O)O)c2)cc1. The number of hydrogen-bond acceptors (Lipinski definition) is 16. The predicted octanol–water partition coefficient (Wildman–Crippen LogP) is 5.68. The molecule has 0 saturated carbocycles. The molecule has 5 aromatic rings. The topological polar surface area (TPSA) is 336 Å². The highest BCUT2D eigenvalue weighted by Gasteiger charge is 2.36. The van der Waals surface area contributed by atoms with E-state index in [-0.39, 0.29) is 60.8 Å². The molecule has 2 unspecified atom stereocenters. The number of amides is 4. The Hall–Kier alpha value is -7.75. The maximum atomic E-state index is 13.2. The van der Waals surface area contributed by atoms with E-state index >= 15 is 0 Å². The minimum atomic E-state index is -4.96. The van der Waals surface area contributed by atoms with Crippen molar-refractivity contribution in [3.05, 3.63) is 126 Å². The molecule has 23 nitrogen and oxygen atoms in total. The fraction of sp³-hybridized carbons (Fsp3) is 0.100. The lowest BCUT2D eigenvalue weighted by Gasteiger charge is -2.13. The Kier molecular flexibility index (Phi) is 12.6. The minimum absolute atomic E-state index is 0.0382. The number of rotatable bonds is 13. The van der Waals surface area contributed by atoms with Gasteiger partial charge in [-0.05, 0) is 129 Å². The molecule has 2 heterocycles. The van der Waals surface area contributed by atoms with Crippen LogP contribution in [0, 0.1) is 0 Å². The molecule has 2 aliphatic heterocycles. The van der Waals surface area contributed by atoms with Gasteiger partial charge >= 0.3 is 0 Å². The number of anilines is 4. The Morgan fingerprint density at radius 1 is 0.545 bits per heavy atom. The lowest BCUT2D eigenvalue weighted by molar-refractivity contribution is -0.118. The van der Waals surface area contributed by atoms with Gasteiger partial charge in [0.15, 0.2) is 12.1 Å². The van der Waals surface area contributed by atoms with Crippen molar-refractivity contribution >= 4 is 99.5 Å². The Labute approximate surface area is 374 Å². The van der Waals surface area contributed by atoms with Gasteiger partial charge in [-0.25, -0.2) is 0 Å². The van der Waals surface area contributed by atoms with Gasteiger partial charge in [0.2, 0.25) is 0 Å². The molecule has 0 bridgehead atoms. The standard InChI is InChI=1S/C40H32N10O13S3/c1-22-35(39(53)49(47-22)29-12-16-31(17-13-29)64(55,56)57)45-43-26-7-3-24(4-8-26)37(51)41-28-11-20-33(34(21-28)66(61,62)63)42-38(52)25-5-9-27(10-6-25)44-46-36-23(2)48-50(40(36)54)30-14-18-32(19-15-30)65(58,59)60/h3-21,35-36H,1-2H3,(H,41,51)(H,42,52)(H,55,56,57)(H,58,59,60)(H,61,62,63). The minimum Gasteiger partial charge on any atom is -0.322 e. The number of hydrazone groups is 2. The third kappa shape index (κ3) is 10.3. The number of nitrogens with one attached hydrogen (secondary N) is 2. The second-order valence-electron chi connectivity index (χ2n) is 14.1. The Balaban J connectivity index is 0.954. The zero-order chi connectivity index (χ0) is 47.7. The Morgan fingerprint density at radius 3 is 1.32 bits per heavy atom. The molecule has 0 radical (unpaired) electrons. The van der Waals surface area contributed by atoms with Crippen molar-refractivity contribution in [2.24, 2.45) is 30.7 Å². The van der Waals surface area contributed by atoms with Gasteiger partial charge in [0.1, 0.15) is 4.90 Å². The third-order valence-corrected chi connectivity index (χ3v) is 12.2. The van der Waals surface area contributed by atoms with Gasteiger partial charge in [0.05, 0.1) is 49.7 Å². The van der Waals surface area contributed by atoms with Crippen LogP contribution < -0.4 is 20.7 Å². The van der Waals surface area contributed by atoms with E-state index in [0.717, 1.165) is 46.4 Å². The van der Waals surface area contributed by atoms with E-state index in [0.29, 0.717) is 5.71 Å². The molecule has 0 aromatic heterocycles. The molecule has 2 atom stereocenters. The molecule has 2 aliphatic rings. The van der Waals surface area contributed by atoms with Crippen LogP contribution in [0.5, 0.6) is 0 Å². The number of carbonyl (C=O) groups is 4. The zero-order valence-corrected chi connectivity index (χ0v) is 36.3. The maximum absolute atomic E-state index is 13.2. The van der Waals surface area contributed by atoms with Crippen molar-refractivity contribution in [2.75, 3.05) is 20.7 Å². The van der Waals surface area contributed by atoms with Gasteiger partial charge in [-0.15, -0.1) is 0 Å². The van der Waals surface area contributed by atoms with E-state index in [4.69, 9.17) is 0 Å². The van der Waals surface area contributed by atoms with Crippen LogP contribution >= 0.6 is 0 Å². The molecule has 7 rings (SSSR count). The Morgan fingerprint density at radius 2 is 0.939 bits per heavy atom. The summed E-state index contributed by atoms with van der Waals surface area (Å²) in [5.41, 5.74) is 1.26. The summed E-state index contributed by atoms with van der Waals surface area (Å²) in [7, 11) is -13.8. The van der Waals surface area contributed by atoms with Crippen LogP contribution in [0.25, 0.3) is 0 Å². The zero-order valence-electron chi connectivity index (χ0n) is 33.9. The van der Waals surface area contributed by atoms with Crippen molar-refractivity contribution < 1.29 is 58.1 Å². The fourth-order valence-corrected chi connectivity index (χ4v) is 7.82. The predicted molar refractivity (Wildman–Crippen MR) is 235 cm³/mol. The summed E-state index contributed by atoms with van der Waals surface area (Å²) in [5, 5.41) is 31.6. The average Bonchev–Trinajstić information content (AvgIpc) is 3.72. The van der Waals surface area contributed by atoms with Gasteiger partial charge in [0.25, 0.3) is 54.0 Å². The van der Waals surface area contributed by atoms with Crippen LogP contribution in [0.2, 0.25) is 0 Å². The number of nitrogens with zero attached hydrogens (tertiary/aromatic N) is 8. The summed E-state index contributed by atoms with van der Waals surface area (Å²) in [6, 6.07) is 21.8. The van der Waals surface area contributed by atoms with Crippen LogP contribution in [0.15, 0.2) is 161 Å². The smallest absolute Gasteiger partial charge is 0.296 e. The number of hydrogen-bond donors (Lipinski definition) is 5. The van der Waals surface area contributed by atoms with Gasteiger partial charge in [-0.2, -0.15) is 65.9 Å². The fourth-order valence-electron chi connectivity index (χ4n) is 6.19. The number of azo groups is 2. The molecular formula is C40H32N10O13S3. The van der Waals surface area contributed by atoms with Crippen molar-refractivity contribution in [3.8, 4) is 0 Å². The first-order valence-electron chi connectivity index (χ1n) is 18.8. The van der Waals surface area contributed by atoms with Crippen LogP contribution in [0.4, 0.5) is 34.1 Å². The molecule has 0 fully saturated rings. The second kappa shape index (κ2) is 18.0. The van der Waals surface area contributed by atoms with E-state index in [1.54, 1.807) is 13.8 Å². The van der Waals surface area contributed by atoms with Gasteiger partial charge < -0.3 is 10.6 Å². The first kappa shape index (κ1) is 46.2. The van der Waals surface area contributed by atoms with E-state index in [1.165, 1.54) is 78.9 Å². The quantitative estimate of drug-likeness (QED) is 0.0701. The van der Waals surface area contributed by atoms with E-state index in [9.17, 15) is 58.1 Å². The molecule has 5 aromatic carbocycles. The van der Waals surface area contributed by atoms with Gasteiger partial charge in [0, 0.05) is 16.8 Å². The van der Waals surface area contributed by atoms with Gasteiger partial charge in [-0.1, -0.05) is 0 Å². The summed E-state index contributed by atoms with van der Waals surface area (Å²) in [6.07, 6.45) is 0. The monoisotopic (exact) mass is 956 g/mol. The van der Waals surface area contributed by atoms with Crippen LogP contribution in [0.1, 0.15) is 34.6 Å². The first-order valence-corrected chi connectivity index (χ1v) is 23.1. The molecular weight excluding hydrogens is 925 g/mol.